The van der Waals surface area contributed by atoms with E-state index in [4.69, 9.17) is 9.84 Å². The van der Waals surface area contributed by atoms with Gasteiger partial charge in [-0.2, -0.15) is 0 Å². The molecule has 146 valence electrons. The summed E-state index contributed by atoms with van der Waals surface area (Å²) in [6.07, 6.45) is 4.02. The number of rotatable bonds is 8. The number of carbonyl (C=O) groups excluding carboxylic acids is 2. The Bertz CT molecular complexity index is 760. The van der Waals surface area contributed by atoms with Gasteiger partial charge in [0, 0.05) is 13.0 Å². The summed E-state index contributed by atoms with van der Waals surface area (Å²) in [5.41, 5.74) is 2.57. The number of nitrogens with one attached hydrogen (secondary N) is 1. The average molecular weight is 375 g/mol. The second-order valence-electron chi connectivity index (χ2n) is 6.34. The molecule has 27 heavy (non-hydrogen) atoms. The van der Waals surface area contributed by atoms with Crippen molar-refractivity contribution in [2.45, 2.75) is 46.3 Å². The van der Waals surface area contributed by atoms with Crippen molar-refractivity contribution in [1.82, 2.24) is 5.32 Å². The molecule has 0 bridgehead atoms. The molecule has 0 unspecified atom stereocenters. The Balaban J connectivity index is 2.98. The highest BCUT2D eigenvalue weighted by molar-refractivity contribution is 5.94. The van der Waals surface area contributed by atoms with Gasteiger partial charge in [0.15, 0.2) is 6.04 Å². The van der Waals surface area contributed by atoms with Gasteiger partial charge in [-0.25, -0.2) is 4.79 Å². The van der Waals surface area contributed by atoms with Gasteiger partial charge in [0.05, 0.1) is 6.10 Å². The molecule has 1 aromatic rings. The third kappa shape index (κ3) is 7.87. The van der Waals surface area contributed by atoms with E-state index >= 15 is 0 Å². The Hall–Kier alpha value is -2.93. The summed E-state index contributed by atoms with van der Waals surface area (Å²) >= 11 is 0. The molecular formula is C20H25NO6. The first-order chi connectivity index (χ1) is 12.6. The van der Waals surface area contributed by atoms with Gasteiger partial charge in [-0.15, -0.1) is 0 Å². The topological polar surface area (TPSA) is 113 Å². The molecule has 0 saturated carbocycles. The second kappa shape index (κ2) is 10.3. The Kier molecular flexibility index (Phi) is 8.41. The molecule has 0 fully saturated rings. The molecule has 2 atom stereocenters. The molecule has 1 rings (SSSR count). The lowest BCUT2D eigenvalue weighted by atomic mass is 10.0. The zero-order valence-electron chi connectivity index (χ0n) is 15.9. The number of hydrogen-bond donors (Lipinski definition) is 3. The number of aliphatic carboxylic acids is 1. The maximum Gasteiger partial charge on any atom is 0.328 e. The fraction of sp³-hybridized carbons (Fsp3) is 0.350. The zero-order valence-corrected chi connectivity index (χ0v) is 15.9. The van der Waals surface area contributed by atoms with Gasteiger partial charge in [-0.1, -0.05) is 17.7 Å². The lowest BCUT2D eigenvalue weighted by molar-refractivity contribution is -0.144. The summed E-state index contributed by atoms with van der Waals surface area (Å²) in [7, 11) is 0. The number of hydrogen-bond acceptors (Lipinski definition) is 5. The quantitative estimate of drug-likeness (QED) is 0.277. The summed E-state index contributed by atoms with van der Waals surface area (Å²) in [5.74, 6) is -1.93. The maximum absolute atomic E-state index is 11.9. The first kappa shape index (κ1) is 22.1. The van der Waals surface area contributed by atoms with E-state index in [-0.39, 0.29) is 0 Å². The number of ether oxygens (including phenoxy) is 1. The molecule has 7 heteroatoms. The predicted molar refractivity (Wildman–Crippen MR) is 101 cm³/mol. The van der Waals surface area contributed by atoms with E-state index in [2.05, 4.69) is 5.32 Å². The van der Waals surface area contributed by atoms with Crippen LogP contribution >= 0.6 is 0 Å². The van der Waals surface area contributed by atoms with Crippen molar-refractivity contribution in [3.05, 3.63) is 47.1 Å². The molecule has 0 aliphatic heterocycles. The number of allylic oxidation sites excluding steroid dienone is 2. The van der Waals surface area contributed by atoms with Crippen LogP contribution in [0.3, 0.4) is 0 Å². The molecule has 0 spiro atoms. The SMILES string of the molecule is CC(=O)Oc1ccc(/C=C/C(=O)N[C@H](C(=O)O)[C@@H](C)O)cc1CC=C(C)C. The minimum Gasteiger partial charge on any atom is -0.480 e. The fourth-order valence-corrected chi connectivity index (χ4v) is 2.19. The number of amides is 1. The van der Waals surface area contributed by atoms with Crippen molar-refractivity contribution < 1.29 is 29.3 Å². The highest BCUT2D eigenvalue weighted by Gasteiger charge is 2.23. The lowest BCUT2D eigenvalue weighted by Gasteiger charge is -2.15. The number of carboxylic acids is 1. The molecule has 0 radical (unpaired) electrons. The van der Waals surface area contributed by atoms with Crippen molar-refractivity contribution in [2.75, 3.05) is 0 Å². The minimum absolute atomic E-state index is 0.422. The van der Waals surface area contributed by atoms with E-state index in [0.717, 1.165) is 11.1 Å². The molecule has 0 aliphatic carbocycles. The summed E-state index contributed by atoms with van der Waals surface area (Å²) in [6, 6.07) is 3.72. The van der Waals surface area contributed by atoms with Crippen LogP contribution in [0.1, 0.15) is 38.8 Å². The van der Waals surface area contributed by atoms with E-state index < -0.39 is 30.0 Å². The van der Waals surface area contributed by atoms with Gasteiger partial charge in [-0.3, -0.25) is 9.59 Å². The van der Waals surface area contributed by atoms with Gasteiger partial charge in [0.2, 0.25) is 5.91 Å². The second-order valence-corrected chi connectivity index (χ2v) is 6.34. The van der Waals surface area contributed by atoms with Gasteiger partial charge >= 0.3 is 11.9 Å². The molecular weight excluding hydrogens is 350 g/mol. The average Bonchev–Trinajstić information content (AvgIpc) is 2.56. The first-order valence-electron chi connectivity index (χ1n) is 8.44. The number of esters is 1. The number of aliphatic hydroxyl groups excluding tert-OH is 1. The van der Waals surface area contributed by atoms with Gasteiger partial charge in [0.25, 0.3) is 0 Å². The van der Waals surface area contributed by atoms with Gasteiger partial charge in [-0.05, 0) is 56.5 Å². The van der Waals surface area contributed by atoms with Crippen molar-refractivity contribution >= 4 is 23.9 Å². The molecule has 0 saturated heterocycles. The molecule has 3 N–H and O–H groups in total. The molecule has 0 aliphatic rings. The van der Waals surface area contributed by atoms with Crippen molar-refractivity contribution in [2.24, 2.45) is 0 Å². The molecule has 7 nitrogen and oxygen atoms in total. The summed E-state index contributed by atoms with van der Waals surface area (Å²) in [5, 5.41) is 20.6. The van der Waals surface area contributed by atoms with Crippen LogP contribution in [-0.4, -0.2) is 40.2 Å². The van der Waals surface area contributed by atoms with E-state index in [9.17, 15) is 19.5 Å². The summed E-state index contributed by atoms with van der Waals surface area (Å²) in [6.45, 7) is 6.52. The molecule has 0 aromatic heterocycles. The third-order valence-corrected chi connectivity index (χ3v) is 3.54. The van der Waals surface area contributed by atoms with Gasteiger partial charge < -0.3 is 20.3 Å². The van der Waals surface area contributed by atoms with Crippen LogP contribution in [0.25, 0.3) is 6.08 Å². The largest absolute Gasteiger partial charge is 0.480 e. The number of carboxylic acid groups (broad SMARTS) is 1. The van der Waals surface area contributed by atoms with Crippen LogP contribution in [0.5, 0.6) is 5.75 Å². The van der Waals surface area contributed by atoms with Crippen molar-refractivity contribution in [3.8, 4) is 5.75 Å². The van der Waals surface area contributed by atoms with E-state index in [1.54, 1.807) is 18.2 Å². The van der Waals surface area contributed by atoms with Gasteiger partial charge in [0.1, 0.15) is 5.75 Å². The molecule has 0 heterocycles. The van der Waals surface area contributed by atoms with Crippen LogP contribution < -0.4 is 10.1 Å². The Morgan fingerprint density at radius 2 is 1.89 bits per heavy atom. The summed E-state index contributed by atoms with van der Waals surface area (Å²) < 4.78 is 5.20. The summed E-state index contributed by atoms with van der Waals surface area (Å²) in [4.78, 5) is 34.1. The van der Waals surface area contributed by atoms with Crippen LogP contribution in [0.2, 0.25) is 0 Å². The predicted octanol–water partition coefficient (Wildman–Crippen LogP) is 2.08. The zero-order chi connectivity index (χ0) is 20.6. The Morgan fingerprint density at radius 1 is 1.22 bits per heavy atom. The number of aliphatic hydroxyl groups is 1. The Labute approximate surface area is 158 Å². The lowest BCUT2D eigenvalue weighted by Crippen LogP contribution is -2.47. The standard InChI is InChI=1S/C20H25NO6/c1-12(2)5-8-16-11-15(6-9-17(16)27-14(4)23)7-10-18(24)21-19(13(3)22)20(25)26/h5-7,9-11,13,19,22H,8H2,1-4H3,(H,21,24)(H,25,26)/b10-7+/t13-,19+/m1/s1. The van der Waals surface area contributed by atoms with Crippen LogP contribution in [-0.2, 0) is 20.8 Å². The fourth-order valence-electron chi connectivity index (χ4n) is 2.19. The number of carbonyl (C=O) groups is 3. The van der Waals surface area contributed by atoms with Crippen LogP contribution in [0, 0.1) is 0 Å². The van der Waals surface area contributed by atoms with E-state index in [1.165, 1.54) is 26.0 Å². The third-order valence-electron chi connectivity index (χ3n) is 3.54. The molecule has 1 aromatic carbocycles. The number of benzene rings is 1. The molecule has 1 amide bonds. The Morgan fingerprint density at radius 3 is 2.41 bits per heavy atom. The van der Waals surface area contributed by atoms with Crippen LogP contribution in [0.4, 0.5) is 0 Å². The maximum atomic E-state index is 11.9. The van der Waals surface area contributed by atoms with E-state index in [0.29, 0.717) is 17.7 Å². The first-order valence-corrected chi connectivity index (χ1v) is 8.44. The highest BCUT2D eigenvalue weighted by atomic mass is 16.5. The smallest absolute Gasteiger partial charge is 0.328 e. The van der Waals surface area contributed by atoms with E-state index in [1.807, 2.05) is 19.9 Å². The minimum atomic E-state index is -1.39. The monoisotopic (exact) mass is 375 g/mol. The normalized spacial score (nSPS) is 12.9. The van der Waals surface area contributed by atoms with Crippen LogP contribution in [0.15, 0.2) is 35.9 Å². The highest BCUT2D eigenvalue weighted by Crippen LogP contribution is 2.22. The van der Waals surface area contributed by atoms with Crippen molar-refractivity contribution in [1.29, 1.82) is 0 Å². The van der Waals surface area contributed by atoms with Crippen molar-refractivity contribution in [3.63, 3.8) is 0 Å².